The summed E-state index contributed by atoms with van der Waals surface area (Å²) < 4.78 is 5.46. The molecule has 0 radical (unpaired) electrons. The minimum absolute atomic E-state index is 0.140. The molecule has 24 heavy (non-hydrogen) atoms. The third-order valence-electron chi connectivity index (χ3n) is 4.82. The number of nitrogens with zero attached hydrogens (tertiary/aromatic N) is 6. The summed E-state index contributed by atoms with van der Waals surface area (Å²) in [6.45, 7) is 5.76. The summed E-state index contributed by atoms with van der Waals surface area (Å²) in [6, 6.07) is 5.97. The van der Waals surface area contributed by atoms with Gasteiger partial charge >= 0.3 is 0 Å². The number of rotatable bonds is 4. The summed E-state index contributed by atoms with van der Waals surface area (Å²) in [6.07, 6.45) is 4.00. The van der Waals surface area contributed by atoms with Crippen molar-refractivity contribution in [3.63, 3.8) is 0 Å². The molecule has 2 fully saturated rings. The fourth-order valence-electron chi connectivity index (χ4n) is 3.06. The second-order valence-electron chi connectivity index (χ2n) is 6.48. The molecular formula is C17H20N6O. The number of hydrogen-bond donors (Lipinski definition) is 0. The molecule has 4 rings (SSSR count). The summed E-state index contributed by atoms with van der Waals surface area (Å²) in [5, 5.41) is 13.0. The van der Waals surface area contributed by atoms with E-state index in [1.54, 1.807) is 6.20 Å². The van der Waals surface area contributed by atoms with Crippen molar-refractivity contribution in [1.82, 2.24) is 20.0 Å². The fraction of sp³-hybridized carbons (Fsp3) is 0.529. The van der Waals surface area contributed by atoms with Crippen LogP contribution in [0, 0.1) is 11.3 Å². The topological polar surface area (TPSA) is 82.1 Å². The lowest BCUT2D eigenvalue weighted by molar-refractivity contribution is 0.164. The molecule has 1 atom stereocenters. The molecule has 0 amide bonds. The molecule has 124 valence electrons. The van der Waals surface area contributed by atoms with Crippen LogP contribution in [0.2, 0.25) is 0 Å². The number of piperazine rings is 1. The van der Waals surface area contributed by atoms with Gasteiger partial charge in [-0.15, -0.1) is 0 Å². The van der Waals surface area contributed by atoms with E-state index in [4.69, 9.17) is 9.78 Å². The zero-order valence-corrected chi connectivity index (χ0v) is 13.7. The van der Waals surface area contributed by atoms with E-state index in [9.17, 15) is 0 Å². The van der Waals surface area contributed by atoms with Gasteiger partial charge in [0.05, 0.1) is 11.6 Å². The molecule has 3 heterocycles. The van der Waals surface area contributed by atoms with Crippen molar-refractivity contribution < 1.29 is 4.52 Å². The Morgan fingerprint density at radius 1 is 1.25 bits per heavy atom. The Balaban J connectivity index is 1.36. The molecule has 7 nitrogen and oxygen atoms in total. The standard InChI is InChI=1S/C17H20N6O/c1-12(17-20-16(21-24-17)14-3-4-14)22-6-8-23(9-7-22)15-5-2-13(10-18)11-19-15/h2,5,11-12,14H,3-4,6-9H2,1H3/t12-/m0/s1. The number of anilines is 1. The van der Waals surface area contributed by atoms with E-state index < -0.39 is 0 Å². The fourth-order valence-corrected chi connectivity index (χ4v) is 3.06. The van der Waals surface area contributed by atoms with Crippen LogP contribution in [0.5, 0.6) is 0 Å². The summed E-state index contributed by atoms with van der Waals surface area (Å²) in [5.74, 6) is 3.04. The van der Waals surface area contributed by atoms with E-state index in [2.05, 4.69) is 37.9 Å². The Hall–Kier alpha value is -2.46. The molecule has 1 aliphatic carbocycles. The highest BCUT2D eigenvalue weighted by molar-refractivity contribution is 5.42. The first-order valence-corrected chi connectivity index (χ1v) is 8.43. The maximum absolute atomic E-state index is 8.85. The Bertz CT molecular complexity index is 737. The number of pyridine rings is 1. The van der Waals surface area contributed by atoms with Gasteiger partial charge in [-0.3, -0.25) is 4.90 Å². The molecule has 0 aromatic carbocycles. The Morgan fingerprint density at radius 3 is 2.67 bits per heavy atom. The first-order chi connectivity index (χ1) is 11.7. The van der Waals surface area contributed by atoms with E-state index in [1.165, 1.54) is 12.8 Å². The van der Waals surface area contributed by atoms with Crippen LogP contribution in [-0.2, 0) is 0 Å². The minimum Gasteiger partial charge on any atom is -0.354 e. The van der Waals surface area contributed by atoms with Gasteiger partial charge in [-0.1, -0.05) is 5.16 Å². The van der Waals surface area contributed by atoms with Crippen LogP contribution in [0.4, 0.5) is 5.82 Å². The third kappa shape index (κ3) is 2.97. The van der Waals surface area contributed by atoms with E-state index in [1.807, 2.05) is 12.1 Å². The van der Waals surface area contributed by atoms with Crippen molar-refractivity contribution in [2.45, 2.75) is 31.7 Å². The van der Waals surface area contributed by atoms with Crippen LogP contribution in [0.15, 0.2) is 22.9 Å². The van der Waals surface area contributed by atoms with Crippen LogP contribution < -0.4 is 4.90 Å². The van der Waals surface area contributed by atoms with Gasteiger partial charge in [0.1, 0.15) is 11.9 Å². The molecule has 7 heteroatoms. The molecular weight excluding hydrogens is 304 g/mol. The highest BCUT2D eigenvalue weighted by atomic mass is 16.5. The molecule has 2 aromatic rings. The zero-order valence-electron chi connectivity index (χ0n) is 13.7. The third-order valence-corrected chi connectivity index (χ3v) is 4.82. The Kier molecular flexibility index (Phi) is 3.90. The highest BCUT2D eigenvalue weighted by Gasteiger charge is 2.31. The molecule has 1 aliphatic heterocycles. The normalized spacial score (nSPS) is 19.9. The summed E-state index contributed by atoms with van der Waals surface area (Å²) >= 11 is 0. The lowest BCUT2D eigenvalue weighted by Crippen LogP contribution is -2.47. The molecule has 0 spiro atoms. The van der Waals surface area contributed by atoms with Crippen LogP contribution in [-0.4, -0.2) is 46.2 Å². The molecule has 1 saturated heterocycles. The van der Waals surface area contributed by atoms with Gasteiger partial charge in [-0.05, 0) is 31.9 Å². The van der Waals surface area contributed by atoms with Gasteiger partial charge in [0.2, 0.25) is 5.89 Å². The smallest absolute Gasteiger partial charge is 0.243 e. The van der Waals surface area contributed by atoms with E-state index in [-0.39, 0.29) is 6.04 Å². The predicted molar refractivity (Wildman–Crippen MR) is 87.4 cm³/mol. The van der Waals surface area contributed by atoms with Crippen molar-refractivity contribution in [3.8, 4) is 6.07 Å². The monoisotopic (exact) mass is 324 g/mol. The molecule has 0 unspecified atom stereocenters. The first-order valence-electron chi connectivity index (χ1n) is 8.43. The van der Waals surface area contributed by atoms with Gasteiger partial charge < -0.3 is 9.42 Å². The van der Waals surface area contributed by atoms with Crippen molar-refractivity contribution >= 4 is 5.82 Å². The van der Waals surface area contributed by atoms with Crippen LogP contribution in [0.3, 0.4) is 0 Å². The van der Waals surface area contributed by atoms with Crippen molar-refractivity contribution in [2.75, 3.05) is 31.1 Å². The van der Waals surface area contributed by atoms with E-state index in [0.717, 1.165) is 43.7 Å². The van der Waals surface area contributed by atoms with Crippen LogP contribution in [0.1, 0.15) is 49.0 Å². The Labute approximate surface area is 140 Å². The second-order valence-corrected chi connectivity index (χ2v) is 6.48. The molecule has 0 bridgehead atoms. The van der Waals surface area contributed by atoms with Crippen LogP contribution >= 0.6 is 0 Å². The molecule has 0 N–H and O–H groups in total. The van der Waals surface area contributed by atoms with Gasteiger partial charge in [-0.2, -0.15) is 10.2 Å². The lowest BCUT2D eigenvalue weighted by atomic mass is 10.2. The molecule has 2 aliphatic rings. The van der Waals surface area contributed by atoms with Crippen molar-refractivity contribution in [2.24, 2.45) is 0 Å². The lowest BCUT2D eigenvalue weighted by Gasteiger charge is -2.37. The maximum atomic E-state index is 8.85. The largest absolute Gasteiger partial charge is 0.354 e. The second kappa shape index (κ2) is 6.21. The van der Waals surface area contributed by atoms with E-state index >= 15 is 0 Å². The van der Waals surface area contributed by atoms with Gasteiger partial charge in [-0.25, -0.2) is 4.98 Å². The molecule has 1 saturated carbocycles. The van der Waals surface area contributed by atoms with Gasteiger partial charge in [0.15, 0.2) is 5.82 Å². The minimum atomic E-state index is 0.140. The summed E-state index contributed by atoms with van der Waals surface area (Å²) in [5.41, 5.74) is 0.592. The SMILES string of the molecule is C[C@@H](c1nc(C2CC2)no1)N1CCN(c2ccc(C#N)cn2)CC1. The van der Waals surface area contributed by atoms with Gasteiger partial charge in [0.25, 0.3) is 0 Å². The van der Waals surface area contributed by atoms with Crippen molar-refractivity contribution in [1.29, 1.82) is 5.26 Å². The average molecular weight is 324 g/mol. The number of nitriles is 1. The number of hydrogen-bond acceptors (Lipinski definition) is 7. The maximum Gasteiger partial charge on any atom is 0.243 e. The zero-order chi connectivity index (χ0) is 16.5. The van der Waals surface area contributed by atoms with Gasteiger partial charge in [0, 0.05) is 38.3 Å². The van der Waals surface area contributed by atoms with Crippen LogP contribution in [0.25, 0.3) is 0 Å². The Morgan fingerprint density at radius 2 is 2.04 bits per heavy atom. The summed E-state index contributed by atoms with van der Waals surface area (Å²) in [7, 11) is 0. The number of aromatic nitrogens is 3. The first kappa shape index (κ1) is 15.1. The van der Waals surface area contributed by atoms with E-state index in [0.29, 0.717) is 11.5 Å². The average Bonchev–Trinajstić information content (AvgIpc) is 3.38. The highest BCUT2D eigenvalue weighted by Crippen LogP contribution is 2.38. The molecule has 2 aromatic heterocycles. The predicted octanol–water partition coefficient (Wildman–Crippen LogP) is 2.10. The summed E-state index contributed by atoms with van der Waals surface area (Å²) in [4.78, 5) is 13.6. The quantitative estimate of drug-likeness (QED) is 0.851. The van der Waals surface area contributed by atoms with Crippen molar-refractivity contribution in [3.05, 3.63) is 35.6 Å².